The third-order valence-electron chi connectivity index (χ3n) is 4.25. The molecule has 1 aromatic carbocycles. The second kappa shape index (κ2) is 7.46. The minimum absolute atomic E-state index is 0.111. The van der Waals surface area contributed by atoms with Gasteiger partial charge in [-0.2, -0.15) is 4.98 Å². The molecule has 1 aromatic heterocycles. The molecule has 7 heteroatoms. The molecule has 6 nitrogen and oxygen atoms in total. The molecule has 1 aliphatic rings. The number of hydrogen-bond acceptors (Lipinski definition) is 5. The molecule has 1 amide bonds. The summed E-state index contributed by atoms with van der Waals surface area (Å²) < 4.78 is 13.0. The Labute approximate surface area is 146 Å². The van der Waals surface area contributed by atoms with E-state index in [0.29, 0.717) is 25.6 Å². The summed E-state index contributed by atoms with van der Waals surface area (Å²) in [6, 6.07) is 8.30. The number of aromatic nitrogens is 2. The molecule has 0 saturated carbocycles. The Morgan fingerprint density at radius 3 is 2.48 bits per heavy atom. The van der Waals surface area contributed by atoms with Crippen LogP contribution in [0.15, 0.2) is 30.3 Å². The van der Waals surface area contributed by atoms with E-state index < -0.39 is 0 Å². The van der Waals surface area contributed by atoms with Gasteiger partial charge in [-0.05, 0) is 24.6 Å². The number of halogens is 1. The fourth-order valence-electron chi connectivity index (χ4n) is 2.83. The van der Waals surface area contributed by atoms with Crippen molar-refractivity contribution in [1.29, 1.82) is 0 Å². The minimum atomic E-state index is -0.248. The summed E-state index contributed by atoms with van der Waals surface area (Å²) >= 11 is 0. The molecular weight excluding hydrogens is 321 g/mol. The number of hydrogen-bond donors (Lipinski definition) is 1. The normalized spacial score (nSPS) is 14.5. The van der Waals surface area contributed by atoms with Gasteiger partial charge in [-0.3, -0.25) is 4.79 Å². The van der Waals surface area contributed by atoms with Crippen molar-refractivity contribution >= 4 is 17.7 Å². The Balaban J connectivity index is 1.66. The highest BCUT2D eigenvalue weighted by Crippen LogP contribution is 2.17. The number of aryl methyl sites for hydroxylation is 1. The summed E-state index contributed by atoms with van der Waals surface area (Å²) in [5.41, 5.74) is 1.84. The summed E-state index contributed by atoms with van der Waals surface area (Å²) in [4.78, 5) is 24.5. The van der Waals surface area contributed by atoms with Crippen LogP contribution in [0.2, 0.25) is 0 Å². The molecule has 0 unspecified atom stereocenters. The highest BCUT2D eigenvalue weighted by molar-refractivity contribution is 5.73. The Hall–Kier alpha value is -2.70. The van der Waals surface area contributed by atoms with Gasteiger partial charge >= 0.3 is 0 Å². The van der Waals surface area contributed by atoms with Crippen LogP contribution < -0.4 is 10.2 Å². The lowest BCUT2D eigenvalue weighted by Gasteiger charge is -2.35. The van der Waals surface area contributed by atoms with Gasteiger partial charge in [0.05, 0.1) is 0 Å². The van der Waals surface area contributed by atoms with Crippen molar-refractivity contribution < 1.29 is 9.18 Å². The Kier molecular flexibility index (Phi) is 5.11. The van der Waals surface area contributed by atoms with E-state index in [1.165, 1.54) is 12.1 Å². The highest BCUT2D eigenvalue weighted by Gasteiger charge is 2.20. The third-order valence-corrected chi connectivity index (χ3v) is 4.25. The lowest BCUT2D eigenvalue weighted by Crippen LogP contribution is -2.48. The van der Waals surface area contributed by atoms with E-state index >= 15 is 0 Å². The molecule has 25 heavy (non-hydrogen) atoms. The van der Waals surface area contributed by atoms with Crippen molar-refractivity contribution in [2.24, 2.45) is 0 Å². The quantitative estimate of drug-likeness (QED) is 0.922. The fourth-order valence-corrected chi connectivity index (χ4v) is 2.83. The molecule has 0 aliphatic carbocycles. The first-order valence-corrected chi connectivity index (χ1v) is 8.36. The van der Waals surface area contributed by atoms with Crippen molar-refractivity contribution in [1.82, 2.24) is 14.9 Å². The number of nitrogens with zero attached hydrogens (tertiary/aromatic N) is 4. The lowest BCUT2D eigenvalue weighted by atomic mass is 10.2. The van der Waals surface area contributed by atoms with E-state index in [-0.39, 0.29) is 11.7 Å². The van der Waals surface area contributed by atoms with Crippen LogP contribution >= 0.6 is 0 Å². The minimum Gasteiger partial charge on any atom is -0.353 e. The number of benzene rings is 1. The summed E-state index contributed by atoms with van der Waals surface area (Å²) in [5, 5.41) is 3.19. The molecule has 1 saturated heterocycles. The highest BCUT2D eigenvalue weighted by atomic mass is 19.1. The molecule has 0 bridgehead atoms. The van der Waals surface area contributed by atoms with E-state index in [1.807, 2.05) is 17.9 Å². The maximum absolute atomic E-state index is 13.0. The van der Waals surface area contributed by atoms with Crippen LogP contribution in [0.25, 0.3) is 0 Å². The average Bonchev–Trinajstić information content (AvgIpc) is 2.61. The smallest absolute Gasteiger partial charge is 0.225 e. The maximum Gasteiger partial charge on any atom is 0.225 e. The van der Waals surface area contributed by atoms with E-state index in [4.69, 9.17) is 0 Å². The van der Waals surface area contributed by atoms with Gasteiger partial charge in [0.15, 0.2) is 0 Å². The molecule has 132 valence electrons. The first-order valence-electron chi connectivity index (χ1n) is 8.36. The number of carbonyl (C=O) groups excluding carboxylic acids is 1. The third kappa shape index (κ3) is 4.43. The maximum atomic E-state index is 13.0. The number of anilines is 2. The molecular formula is C18H22FN5O. The van der Waals surface area contributed by atoms with E-state index in [1.54, 1.807) is 19.1 Å². The number of nitrogens with one attached hydrogen (secondary N) is 1. The van der Waals surface area contributed by atoms with Gasteiger partial charge in [0.1, 0.15) is 11.6 Å². The summed E-state index contributed by atoms with van der Waals surface area (Å²) in [5.74, 6) is 1.27. The van der Waals surface area contributed by atoms with Crippen LogP contribution in [0.1, 0.15) is 18.2 Å². The molecule has 0 atom stereocenters. The van der Waals surface area contributed by atoms with Crippen molar-refractivity contribution in [3.63, 3.8) is 0 Å². The second-order valence-electron chi connectivity index (χ2n) is 6.16. The van der Waals surface area contributed by atoms with Crippen molar-refractivity contribution in [2.75, 3.05) is 36.4 Å². The van der Waals surface area contributed by atoms with Gasteiger partial charge < -0.3 is 15.1 Å². The van der Waals surface area contributed by atoms with Gasteiger partial charge in [-0.15, -0.1) is 0 Å². The average molecular weight is 343 g/mol. The molecule has 1 fully saturated rings. The number of amides is 1. The summed E-state index contributed by atoms with van der Waals surface area (Å²) in [6.07, 6.45) is 0. The number of rotatable bonds is 4. The molecule has 3 rings (SSSR count). The zero-order chi connectivity index (χ0) is 17.8. The van der Waals surface area contributed by atoms with E-state index in [2.05, 4.69) is 20.2 Å². The molecule has 0 radical (unpaired) electrons. The summed E-state index contributed by atoms with van der Waals surface area (Å²) in [7, 11) is 0. The van der Waals surface area contributed by atoms with Crippen LogP contribution in [0, 0.1) is 12.7 Å². The van der Waals surface area contributed by atoms with Crippen LogP contribution in [0.4, 0.5) is 16.2 Å². The van der Waals surface area contributed by atoms with Crippen molar-refractivity contribution in [3.8, 4) is 0 Å². The monoisotopic (exact) mass is 343 g/mol. The number of piperazine rings is 1. The SMILES string of the molecule is CC(=O)N1CCN(c2cc(C)nc(NCc3ccc(F)cc3)n2)CC1. The summed E-state index contributed by atoms with van der Waals surface area (Å²) in [6.45, 7) is 6.98. The van der Waals surface area contributed by atoms with Crippen LogP contribution in [-0.2, 0) is 11.3 Å². The molecule has 0 spiro atoms. The molecule has 2 aromatic rings. The van der Waals surface area contributed by atoms with Gasteiger partial charge in [-0.25, -0.2) is 9.37 Å². The molecule has 1 N–H and O–H groups in total. The van der Waals surface area contributed by atoms with Gasteiger partial charge in [0.25, 0.3) is 0 Å². The van der Waals surface area contributed by atoms with Crippen LogP contribution in [0.3, 0.4) is 0 Å². The topological polar surface area (TPSA) is 61.4 Å². The lowest BCUT2D eigenvalue weighted by molar-refractivity contribution is -0.129. The van der Waals surface area contributed by atoms with Gasteiger partial charge in [0.2, 0.25) is 11.9 Å². The standard InChI is InChI=1S/C18H22FN5O/c1-13-11-17(24-9-7-23(8-10-24)14(2)25)22-18(21-13)20-12-15-3-5-16(19)6-4-15/h3-6,11H,7-10,12H2,1-2H3,(H,20,21,22). The van der Waals surface area contributed by atoms with Crippen LogP contribution in [-0.4, -0.2) is 47.0 Å². The Morgan fingerprint density at radius 1 is 1.16 bits per heavy atom. The zero-order valence-corrected chi connectivity index (χ0v) is 14.5. The first-order chi connectivity index (χ1) is 12.0. The fraction of sp³-hybridized carbons (Fsp3) is 0.389. The Morgan fingerprint density at radius 2 is 1.84 bits per heavy atom. The van der Waals surface area contributed by atoms with E-state index in [0.717, 1.165) is 30.2 Å². The predicted molar refractivity (Wildman–Crippen MR) is 95.0 cm³/mol. The molecule has 1 aliphatic heterocycles. The van der Waals surface area contributed by atoms with Crippen molar-refractivity contribution in [2.45, 2.75) is 20.4 Å². The van der Waals surface area contributed by atoms with Gasteiger partial charge in [-0.1, -0.05) is 12.1 Å². The first kappa shape index (κ1) is 17.1. The predicted octanol–water partition coefficient (Wildman–Crippen LogP) is 2.20. The van der Waals surface area contributed by atoms with Crippen molar-refractivity contribution in [3.05, 3.63) is 47.4 Å². The largest absolute Gasteiger partial charge is 0.353 e. The molecule has 2 heterocycles. The van der Waals surface area contributed by atoms with Gasteiger partial charge in [0, 0.05) is 51.4 Å². The Bertz CT molecular complexity index is 742. The second-order valence-corrected chi connectivity index (χ2v) is 6.16. The van der Waals surface area contributed by atoms with Crippen LogP contribution in [0.5, 0.6) is 0 Å². The zero-order valence-electron chi connectivity index (χ0n) is 14.5. The number of carbonyl (C=O) groups is 1. The van der Waals surface area contributed by atoms with E-state index in [9.17, 15) is 9.18 Å².